The van der Waals surface area contributed by atoms with Crippen molar-refractivity contribution in [2.24, 2.45) is 0 Å². The molecule has 2 aliphatic heterocycles. The summed E-state index contributed by atoms with van der Waals surface area (Å²) < 4.78 is 56.5. The summed E-state index contributed by atoms with van der Waals surface area (Å²) in [6.45, 7) is 4.28. The van der Waals surface area contributed by atoms with E-state index in [1.54, 1.807) is 0 Å². The van der Waals surface area contributed by atoms with Crippen molar-refractivity contribution in [3.05, 3.63) is 29.5 Å². The fourth-order valence-electron chi connectivity index (χ4n) is 3.55. The van der Waals surface area contributed by atoms with Crippen molar-refractivity contribution in [1.82, 2.24) is 5.32 Å². The van der Waals surface area contributed by atoms with E-state index < -0.39 is 17.6 Å². The van der Waals surface area contributed by atoms with E-state index in [0.717, 1.165) is 12.1 Å². The average molecular weight is 398 g/mol. The number of nitrogens with one attached hydrogen (secondary N) is 1. The van der Waals surface area contributed by atoms with E-state index in [1.165, 1.54) is 6.07 Å². The van der Waals surface area contributed by atoms with Crippen LogP contribution in [0.4, 0.5) is 18.9 Å². The van der Waals surface area contributed by atoms with Gasteiger partial charge in [-0.25, -0.2) is 0 Å². The maximum atomic E-state index is 13.2. The summed E-state index contributed by atoms with van der Waals surface area (Å²) in [4.78, 5) is 14.2. The Bertz CT molecular complexity index is 872. The predicted octanol–water partition coefficient (Wildman–Crippen LogP) is 3.20. The first-order chi connectivity index (χ1) is 13.3. The Morgan fingerprint density at radius 3 is 2.79 bits per heavy atom. The largest absolute Gasteiger partial charge is 0.449 e. The van der Waals surface area contributed by atoms with Crippen molar-refractivity contribution in [3.63, 3.8) is 0 Å². The highest BCUT2D eigenvalue weighted by Crippen LogP contribution is 2.39. The maximum Gasteiger partial charge on any atom is 0.416 e. The summed E-state index contributed by atoms with van der Waals surface area (Å²) in [6, 6.07) is 3.27. The molecule has 6 nitrogen and oxygen atoms in total. The topological polar surface area (TPSA) is 63.9 Å². The molecule has 2 aromatic rings. The van der Waals surface area contributed by atoms with E-state index in [-0.39, 0.29) is 28.9 Å². The number of hydrogen-bond donors (Lipinski definition) is 1. The van der Waals surface area contributed by atoms with Crippen LogP contribution < -0.4 is 10.2 Å². The molecular weight excluding hydrogens is 377 g/mol. The first-order valence-electron chi connectivity index (χ1n) is 9.23. The van der Waals surface area contributed by atoms with Crippen molar-refractivity contribution in [1.29, 1.82) is 0 Å². The van der Waals surface area contributed by atoms with Crippen molar-refractivity contribution >= 4 is 22.6 Å². The molecule has 1 saturated heterocycles. The van der Waals surface area contributed by atoms with Crippen LogP contribution >= 0.6 is 0 Å². The van der Waals surface area contributed by atoms with Crippen molar-refractivity contribution in [2.45, 2.75) is 31.7 Å². The number of carbonyl (C=O) groups is 1. The first kappa shape index (κ1) is 19.1. The fourth-order valence-corrected chi connectivity index (χ4v) is 3.55. The van der Waals surface area contributed by atoms with E-state index in [2.05, 4.69) is 5.32 Å². The van der Waals surface area contributed by atoms with Gasteiger partial charge >= 0.3 is 6.18 Å². The number of benzene rings is 1. The van der Waals surface area contributed by atoms with E-state index >= 15 is 0 Å². The lowest BCUT2D eigenvalue weighted by Crippen LogP contribution is -2.38. The smallest absolute Gasteiger partial charge is 0.416 e. The van der Waals surface area contributed by atoms with Crippen molar-refractivity contribution < 1.29 is 31.9 Å². The third-order valence-electron chi connectivity index (χ3n) is 5.03. The summed E-state index contributed by atoms with van der Waals surface area (Å²) >= 11 is 0. The molecule has 1 N–H and O–H groups in total. The van der Waals surface area contributed by atoms with E-state index in [1.807, 2.05) is 11.8 Å². The van der Waals surface area contributed by atoms with Gasteiger partial charge in [-0.2, -0.15) is 13.2 Å². The number of nitrogens with zero attached hydrogens (tertiary/aromatic N) is 1. The Morgan fingerprint density at radius 2 is 2.07 bits per heavy atom. The number of rotatable bonds is 3. The van der Waals surface area contributed by atoms with Crippen LogP contribution in [-0.2, 0) is 15.7 Å². The second-order valence-corrected chi connectivity index (χ2v) is 7.12. The second kappa shape index (κ2) is 7.29. The summed E-state index contributed by atoms with van der Waals surface area (Å²) in [5.74, 6) is -0.380. The van der Waals surface area contributed by atoms with Gasteiger partial charge in [-0.15, -0.1) is 0 Å². The number of furan rings is 1. The molecule has 0 unspecified atom stereocenters. The molecule has 1 aromatic carbocycles. The number of alkyl halides is 3. The minimum Gasteiger partial charge on any atom is -0.449 e. The average Bonchev–Trinajstić information content (AvgIpc) is 2.96. The SMILES string of the molecule is C[C@@H]1CO[C@H](CCN2CCNC(=O)c3oc4ccc(C(F)(F)F)cc4c32)CO1. The van der Waals surface area contributed by atoms with E-state index in [9.17, 15) is 18.0 Å². The lowest BCUT2D eigenvalue weighted by atomic mass is 10.1. The standard InChI is InChI=1S/C19H21F3N2O4/c1-11-9-27-13(10-26-11)4-6-24-7-5-23-18(25)17-16(24)14-8-12(19(20,21)22)2-3-15(14)28-17/h2-3,8,11,13H,4-7,9-10H2,1H3,(H,23,25)/t11-,13-/m1/s1. The normalized spacial score (nSPS) is 23.4. The highest BCUT2D eigenvalue weighted by molar-refractivity contribution is 6.07. The molecule has 0 saturated carbocycles. The van der Waals surface area contributed by atoms with Gasteiger partial charge in [0.25, 0.3) is 5.91 Å². The Hall–Kier alpha value is -2.26. The number of amides is 1. The molecule has 0 spiro atoms. The van der Waals surface area contributed by atoms with Crippen LogP contribution in [-0.4, -0.2) is 51.0 Å². The molecule has 0 radical (unpaired) electrons. The van der Waals surface area contributed by atoms with Gasteiger partial charge < -0.3 is 24.1 Å². The van der Waals surface area contributed by atoms with E-state index in [4.69, 9.17) is 13.9 Å². The van der Waals surface area contributed by atoms with Gasteiger partial charge in [0.15, 0.2) is 0 Å². The summed E-state index contributed by atoms with van der Waals surface area (Å²) in [5.41, 5.74) is -0.112. The van der Waals surface area contributed by atoms with Gasteiger partial charge in [0.1, 0.15) is 5.58 Å². The van der Waals surface area contributed by atoms with Crippen molar-refractivity contribution in [3.8, 4) is 0 Å². The Labute approximate surface area is 159 Å². The molecule has 0 bridgehead atoms. The van der Waals surface area contributed by atoms with Gasteiger partial charge in [0, 0.05) is 25.0 Å². The third kappa shape index (κ3) is 3.68. The van der Waals surface area contributed by atoms with Crippen LogP contribution in [0.5, 0.6) is 0 Å². The molecule has 1 amide bonds. The quantitative estimate of drug-likeness (QED) is 0.860. The Kier molecular flexibility index (Phi) is 4.96. The van der Waals surface area contributed by atoms with Crippen molar-refractivity contribution in [2.75, 3.05) is 37.7 Å². The first-order valence-corrected chi connectivity index (χ1v) is 9.23. The number of ether oxygens (including phenoxy) is 2. The number of halogens is 3. The molecule has 2 atom stereocenters. The van der Waals surface area contributed by atoms with Crippen LogP contribution in [0, 0.1) is 0 Å². The third-order valence-corrected chi connectivity index (χ3v) is 5.03. The van der Waals surface area contributed by atoms with Gasteiger partial charge in [0.2, 0.25) is 5.76 Å². The minimum absolute atomic E-state index is 0.0428. The number of hydrogen-bond acceptors (Lipinski definition) is 5. The minimum atomic E-state index is -4.47. The predicted molar refractivity (Wildman–Crippen MR) is 95.5 cm³/mol. The Morgan fingerprint density at radius 1 is 1.25 bits per heavy atom. The second-order valence-electron chi connectivity index (χ2n) is 7.12. The van der Waals surface area contributed by atoms with Gasteiger partial charge in [-0.3, -0.25) is 4.79 Å². The molecule has 28 heavy (non-hydrogen) atoms. The van der Waals surface area contributed by atoms with Gasteiger partial charge in [-0.05, 0) is 31.5 Å². The monoisotopic (exact) mass is 398 g/mol. The Balaban J connectivity index is 1.65. The van der Waals surface area contributed by atoms with Crippen LogP contribution in [0.3, 0.4) is 0 Å². The number of fused-ring (bicyclic) bond motifs is 3. The van der Waals surface area contributed by atoms with Crippen LogP contribution in [0.2, 0.25) is 0 Å². The molecule has 9 heteroatoms. The zero-order valence-electron chi connectivity index (χ0n) is 15.3. The molecule has 1 aromatic heterocycles. The molecule has 4 rings (SSSR count). The molecule has 0 aliphatic carbocycles. The lowest BCUT2D eigenvalue weighted by molar-refractivity contribution is -0.137. The zero-order valence-corrected chi connectivity index (χ0v) is 15.3. The van der Waals surface area contributed by atoms with Crippen LogP contribution in [0.1, 0.15) is 29.5 Å². The van der Waals surface area contributed by atoms with Gasteiger partial charge in [-0.1, -0.05) is 0 Å². The molecule has 2 aliphatic rings. The fraction of sp³-hybridized carbons (Fsp3) is 0.526. The lowest BCUT2D eigenvalue weighted by Gasteiger charge is -2.30. The molecular formula is C19H21F3N2O4. The van der Waals surface area contributed by atoms with Crippen LogP contribution in [0.25, 0.3) is 11.0 Å². The molecule has 152 valence electrons. The maximum absolute atomic E-state index is 13.2. The zero-order chi connectivity index (χ0) is 19.9. The molecule has 3 heterocycles. The summed E-state index contributed by atoms with van der Waals surface area (Å²) in [5, 5.41) is 3.02. The van der Waals surface area contributed by atoms with Gasteiger partial charge in [0.05, 0.1) is 36.7 Å². The number of carbonyl (C=O) groups excluding carboxylic acids is 1. The highest BCUT2D eigenvalue weighted by atomic mass is 19.4. The van der Waals surface area contributed by atoms with Crippen LogP contribution in [0.15, 0.2) is 22.6 Å². The summed E-state index contributed by atoms with van der Waals surface area (Å²) in [7, 11) is 0. The highest BCUT2D eigenvalue weighted by Gasteiger charge is 2.34. The van der Waals surface area contributed by atoms with E-state index in [0.29, 0.717) is 45.0 Å². The summed E-state index contributed by atoms with van der Waals surface area (Å²) in [6.07, 6.45) is -3.87. The number of anilines is 1. The molecule has 1 fully saturated rings.